The van der Waals surface area contributed by atoms with Crippen LogP contribution in [0.15, 0.2) is 18.2 Å². The molecule has 5 nitrogen and oxygen atoms in total. The summed E-state index contributed by atoms with van der Waals surface area (Å²) in [7, 11) is 1.55. The summed E-state index contributed by atoms with van der Waals surface area (Å²) in [4.78, 5) is 27.7. The molecule has 1 heterocycles. The average molecular weight is 387 g/mol. The first kappa shape index (κ1) is 20.2. The molecule has 7 heteroatoms. The van der Waals surface area contributed by atoms with E-state index in [1.807, 2.05) is 12.1 Å². The van der Waals surface area contributed by atoms with E-state index < -0.39 is 5.41 Å². The van der Waals surface area contributed by atoms with E-state index in [9.17, 15) is 9.59 Å². The first-order valence-electron chi connectivity index (χ1n) is 8.25. The molecule has 1 fully saturated rings. The van der Waals surface area contributed by atoms with E-state index in [-0.39, 0.29) is 18.8 Å². The van der Waals surface area contributed by atoms with Gasteiger partial charge in [-0.3, -0.25) is 9.69 Å². The molecule has 1 aliphatic heterocycles. The Morgan fingerprint density at radius 1 is 1.20 bits per heavy atom. The molecule has 1 aliphatic rings. The van der Waals surface area contributed by atoms with Crippen molar-refractivity contribution in [1.82, 2.24) is 4.90 Å². The number of piperazine rings is 1. The number of benzene rings is 1. The number of aldehydes is 1. The van der Waals surface area contributed by atoms with Crippen molar-refractivity contribution >= 4 is 41.0 Å². The van der Waals surface area contributed by atoms with Crippen LogP contribution < -0.4 is 4.90 Å². The monoisotopic (exact) mass is 386 g/mol. The number of anilines is 1. The maximum atomic E-state index is 11.7. The van der Waals surface area contributed by atoms with Crippen molar-refractivity contribution < 1.29 is 14.3 Å². The van der Waals surface area contributed by atoms with Gasteiger partial charge in [0.2, 0.25) is 0 Å². The summed E-state index contributed by atoms with van der Waals surface area (Å²) in [5, 5.41) is 1.23. The van der Waals surface area contributed by atoms with Crippen LogP contribution in [0.5, 0.6) is 0 Å². The van der Waals surface area contributed by atoms with Crippen molar-refractivity contribution in [2.75, 3.05) is 51.3 Å². The summed E-state index contributed by atoms with van der Waals surface area (Å²) >= 11 is 12.2. The number of hydrogen-bond acceptors (Lipinski definition) is 5. The minimum Gasteiger partial charge on any atom is -0.384 e. The van der Waals surface area contributed by atoms with Crippen molar-refractivity contribution in [3.8, 4) is 0 Å². The largest absolute Gasteiger partial charge is 0.384 e. The van der Waals surface area contributed by atoms with Gasteiger partial charge in [0, 0.05) is 62.0 Å². The topological polar surface area (TPSA) is 49.9 Å². The minimum absolute atomic E-state index is 0.00337. The van der Waals surface area contributed by atoms with E-state index in [1.165, 1.54) is 6.92 Å². The second kappa shape index (κ2) is 8.99. The van der Waals surface area contributed by atoms with E-state index in [0.29, 0.717) is 16.6 Å². The molecule has 0 radical (unpaired) electrons. The van der Waals surface area contributed by atoms with Crippen LogP contribution in [0.25, 0.3) is 0 Å². The summed E-state index contributed by atoms with van der Waals surface area (Å²) < 4.78 is 5.21. The normalized spacial score (nSPS) is 18.0. The van der Waals surface area contributed by atoms with E-state index in [1.54, 1.807) is 13.2 Å². The highest BCUT2D eigenvalue weighted by Crippen LogP contribution is 2.27. The summed E-state index contributed by atoms with van der Waals surface area (Å²) in [6, 6.07) is 5.52. The minimum atomic E-state index is -0.776. The van der Waals surface area contributed by atoms with Crippen LogP contribution in [0, 0.1) is 5.41 Å². The fourth-order valence-corrected chi connectivity index (χ4v) is 3.89. The lowest BCUT2D eigenvalue weighted by atomic mass is 9.84. The number of methoxy groups -OCH3 is 1. The highest BCUT2D eigenvalue weighted by molar-refractivity contribution is 6.35. The van der Waals surface area contributed by atoms with Gasteiger partial charge in [0.15, 0.2) is 0 Å². The van der Waals surface area contributed by atoms with Gasteiger partial charge in [-0.25, -0.2) is 0 Å². The zero-order valence-electron chi connectivity index (χ0n) is 14.6. The van der Waals surface area contributed by atoms with E-state index in [2.05, 4.69) is 9.80 Å². The van der Waals surface area contributed by atoms with Crippen molar-refractivity contribution in [3.05, 3.63) is 28.2 Å². The Balaban J connectivity index is 2.00. The molecule has 138 valence electrons. The molecular weight excluding hydrogens is 363 g/mol. The standard InChI is InChI=1S/C18H24Cl2N2O3/c1-14(24)10-18(12-23,13-25-2)11-21-3-5-22(6-4-21)17-8-15(19)7-16(20)9-17/h7-9,12H,3-6,10-11,13H2,1-2H3. The molecule has 1 aromatic carbocycles. The molecule has 0 aromatic heterocycles. The predicted octanol–water partition coefficient (Wildman–Crippen LogP) is 2.93. The van der Waals surface area contributed by atoms with Gasteiger partial charge in [-0.15, -0.1) is 0 Å². The Labute approximate surface area is 158 Å². The van der Waals surface area contributed by atoms with Gasteiger partial charge in [0.05, 0.1) is 12.0 Å². The maximum absolute atomic E-state index is 11.7. The summed E-state index contributed by atoms with van der Waals surface area (Å²) in [5.74, 6) is -0.00337. The fourth-order valence-electron chi connectivity index (χ4n) is 3.38. The first-order valence-corrected chi connectivity index (χ1v) is 9.01. The summed E-state index contributed by atoms with van der Waals surface area (Å²) in [6.07, 6.45) is 1.08. The van der Waals surface area contributed by atoms with E-state index >= 15 is 0 Å². The third-order valence-corrected chi connectivity index (χ3v) is 4.84. The number of ketones is 1. The van der Waals surface area contributed by atoms with Crippen LogP contribution in [-0.2, 0) is 14.3 Å². The van der Waals surface area contributed by atoms with Gasteiger partial charge in [0.25, 0.3) is 0 Å². The second-order valence-corrected chi connectivity index (χ2v) is 7.56. The second-order valence-electron chi connectivity index (χ2n) is 6.68. The number of nitrogens with zero attached hydrogens (tertiary/aromatic N) is 2. The Bertz CT molecular complexity index is 598. The van der Waals surface area contributed by atoms with Gasteiger partial charge >= 0.3 is 0 Å². The SMILES string of the molecule is COCC(C=O)(CC(C)=O)CN1CCN(c2cc(Cl)cc(Cl)c2)CC1. The lowest BCUT2D eigenvalue weighted by molar-refractivity contribution is -0.129. The number of carbonyl (C=O) groups excluding carboxylic acids is 2. The van der Waals surface area contributed by atoms with Crippen molar-refractivity contribution in [2.45, 2.75) is 13.3 Å². The smallest absolute Gasteiger partial charge is 0.130 e. The molecule has 0 bridgehead atoms. The van der Waals surface area contributed by atoms with E-state index in [4.69, 9.17) is 27.9 Å². The Morgan fingerprint density at radius 2 is 1.80 bits per heavy atom. The number of ether oxygens (including phenoxy) is 1. The lowest BCUT2D eigenvalue weighted by Crippen LogP contribution is -2.51. The van der Waals surface area contributed by atoms with Crippen molar-refractivity contribution in [3.63, 3.8) is 0 Å². The van der Waals surface area contributed by atoms with Crippen LogP contribution in [0.1, 0.15) is 13.3 Å². The fraction of sp³-hybridized carbons (Fsp3) is 0.556. The molecule has 1 atom stereocenters. The summed E-state index contributed by atoms with van der Waals surface area (Å²) in [6.45, 7) is 5.48. The third-order valence-electron chi connectivity index (χ3n) is 4.41. The van der Waals surface area contributed by atoms with E-state index in [0.717, 1.165) is 38.2 Å². The molecule has 0 aliphatic carbocycles. The number of Topliss-reactive ketones (excluding diaryl/α,β-unsaturated/α-hetero) is 1. The highest BCUT2D eigenvalue weighted by atomic mass is 35.5. The molecular formula is C18H24Cl2N2O3. The van der Waals surface area contributed by atoms with Crippen LogP contribution in [0.4, 0.5) is 5.69 Å². The van der Waals surface area contributed by atoms with Gasteiger partial charge in [-0.1, -0.05) is 23.2 Å². The van der Waals surface area contributed by atoms with Crippen LogP contribution in [0.2, 0.25) is 10.0 Å². The number of rotatable bonds is 8. The van der Waals surface area contributed by atoms with Gasteiger partial charge < -0.3 is 14.4 Å². The average Bonchev–Trinajstić information content (AvgIpc) is 2.54. The van der Waals surface area contributed by atoms with Crippen molar-refractivity contribution in [1.29, 1.82) is 0 Å². The quantitative estimate of drug-likeness (QED) is 0.642. The molecule has 1 unspecified atom stereocenters. The molecule has 1 saturated heterocycles. The van der Waals surface area contributed by atoms with Gasteiger partial charge in [0.1, 0.15) is 12.1 Å². The first-order chi connectivity index (χ1) is 11.9. The lowest BCUT2D eigenvalue weighted by Gasteiger charge is -2.40. The van der Waals surface area contributed by atoms with Crippen LogP contribution in [0.3, 0.4) is 0 Å². The molecule has 2 rings (SSSR count). The Hall–Kier alpha value is -1.14. The predicted molar refractivity (Wildman–Crippen MR) is 101 cm³/mol. The zero-order chi connectivity index (χ0) is 18.4. The van der Waals surface area contributed by atoms with Gasteiger partial charge in [-0.05, 0) is 25.1 Å². The molecule has 0 amide bonds. The molecule has 1 aromatic rings. The third kappa shape index (κ3) is 5.68. The molecule has 0 N–H and O–H groups in total. The van der Waals surface area contributed by atoms with Crippen LogP contribution in [-0.4, -0.2) is 63.4 Å². The number of hydrogen-bond donors (Lipinski definition) is 0. The number of carbonyl (C=O) groups is 2. The molecule has 0 spiro atoms. The maximum Gasteiger partial charge on any atom is 0.130 e. The molecule has 0 saturated carbocycles. The Morgan fingerprint density at radius 3 is 2.28 bits per heavy atom. The zero-order valence-corrected chi connectivity index (χ0v) is 16.1. The van der Waals surface area contributed by atoms with Gasteiger partial charge in [-0.2, -0.15) is 0 Å². The van der Waals surface area contributed by atoms with Crippen LogP contribution >= 0.6 is 23.2 Å². The molecule has 25 heavy (non-hydrogen) atoms. The Kier molecular flexibility index (Phi) is 7.25. The summed E-state index contributed by atoms with van der Waals surface area (Å²) in [5.41, 5.74) is 0.224. The van der Waals surface area contributed by atoms with Crippen molar-refractivity contribution in [2.24, 2.45) is 5.41 Å². The number of halogens is 2. The highest BCUT2D eigenvalue weighted by Gasteiger charge is 2.34.